The molecule has 1 aliphatic carbocycles. The number of hydrogen-bond acceptors (Lipinski definition) is 3. The van der Waals surface area contributed by atoms with Crippen LogP contribution in [-0.4, -0.2) is 23.2 Å². The number of rotatable bonds is 2. The van der Waals surface area contributed by atoms with Gasteiger partial charge in [0.05, 0.1) is 47.5 Å². The van der Waals surface area contributed by atoms with Gasteiger partial charge < -0.3 is 9.72 Å². The van der Waals surface area contributed by atoms with Gasteiger partial charge in [0.15, 0.2) is 0 Å². The van der Waals surface area contributed by atoms with E-state index in [9.17, 15) is 5.26 Å². The maximum absolute atomic E-state index is 9.65. The minimum atomic E-state index is -0.223. The molecule has 0 radical (unpaired) electrons. The van der Waals surface area contributed by atoms with Crippen molar-refractivity contribution in [3.63, 3.8) is 0 Å². The van der Waals surface area contributed by atoms with Crippen molar-refractivity contribution in [2.24, 2.45) is 5.41 Å². The molecule has 19 heavy (non-hydrogen) atoms. The predicted octanol–water partition coefficient (Wildman–Crippen LogP) is 2.52. The third-order valence-electron chi connectivity index (χ3n) is 5.01. The monoisotopic (exact) mass is 253 g/mol. The highest BCUT2D eigenvalue weighted by Gasteiger charge is 2.60. The molecule has 0 atom stereocenters. The molecule has 0 unspecified atom stereocenters. The van der Waals surface area contributed by atoms with Crippen molar-refractivity contribution in [2.75, 3.05) is 13.2 Å². The summed E-state index contributed by atoms with van der Waals surface area (Å²) in [5.41, 5.74) is 2.89. The normalized spacial score (nSPS) is 23.3. The summed E-state index contributed by atoms with van der Waals surface area (Å²) in [7, 11) is 0. The van der Waals surface area contributed by atoms with E-state index in [0.717, 1.165) is 30.3 Å². The van der Waals surface area contributed by atoms with Crippen LogP contribution in [0.2, 0.25) is 0 Å². The topological polar surface area (TPSA) is 61.7 Å². The summed E-state index contributed by atoms with van der Waals surface area (Å²) in [6.45, 7) is 1.33. The molecule has 2 fully saturated rings. The highest BCUT2D eigenvalue weighted by Crippen LogP contribution is 2.58. The van der Waals surface area contributed by atoms with E-state index >= 15 is 0 Å². The van der Waals surface area contributed by atoms with Crippen LogP contribution in [0.5, 0.6) is 0 Å². The summed E-state index contributed by atoms with van der Waals surface area (Å²) >= 11 is 0. The molecule has 2 aliphatic rings. The van der Waals surface area contributed by atoms with Gasteiger partial charge in [0.2, 0.25) is 0 Å². The van der Waals surface area contributed by atoms with Crippen molar-refractivity contribution in [1.29, 1.82) is 5.26 Å². The summed E-state index contributed by atoms with van der Waals surface area (Å²) in [6.07, 6.45) is 4.85. The molecule has 0 amide bonds. The Morgan fingerprint density at radius 2 is 2.16 bits per heavy atom. The Kier molecular flexibility index (Phi) is 2.07. The summed E-state index contributed by atoms with van der Waals surface area (Å²) in [5.74, 6) is 0. The van der Waals surface area contributed by atoms with E-state index in [1.54, 1.807) is 6.33 Å². The number of ether oxygens (including phenoxy) is 1. The molecule has 0 bridgehead atoms. The third kappa shape index (κ3) is 1.23. The second kappa shape index (κ2) is 3.58. The lowest BCUT2D eigenvalue weighted by Crippen LogP contribution is -2.61. The van der Waals surface area contributed by atoms with Crippen molar-refractivity contribution in [2.45, 2.75) is 24.7 Å². The molecule has 4 heteroatoms. The number of H-pyrrole nitrogens is 1. The van der Waals surface area contributed by atoms with E-state index in [0.29, 0.717) is 13.2 Å². The first kappa shape index (κ1) is 11.0. The molecule has 1 saturated carbocycles. The van der Waals surface area contributed by atoms with E-state index in [2.05, 4.69) is 28.2 Å². The van der Waals surface area contributed by atoms with Gasteiger partial charge in [-0.25, -0.2) is 4.98 Å². The van der Waals surface area contributed by atoms with E-state index in [1.807, 2.05) is 6.07 Å². The average molecular weight is 253 g/mol. The van der Waals surface area contributed by atoms with Crippen LogP contribution in [0.15, 0.2) is 24.5 Å². The van der Waals surface area contributed by atoms with E-state index in [-0.39, 0.29) is 10.8 Å². The predicted molar refractivity (Wildman–Crippen MR) is 70.5 cm³/mol. The molecule has 4 nitrogen and oxygen atoms in total. The second-order valence-corrected chi connectivity index (χ2v) is 5.76. The molecule has 1 aromatic heterocycles. The van der Waals surface area contributed by atoms with Gasteiger partial charge in [0, 0.05) is 0 Å². The Morgan fingerprint density at radius 3 is 2.74 bits per heavy atom. The molecule has 1 aromatic carbocycles. The molecular weight excluding hydrogens is 238 g/mol. The first-order chi connectivity index (χ1) is 9.30. The molecule has 1 saturated heterocycles. The summed E-state index contributed by atoms with van der Waals surface area (Å²) < 4.78 is 5.49. The molecule has 96 valence electrons. The summed E-state index contributed by atoms with van der Waals surface area (Å²) in [6, 6.07) is 8.88. The highest BCUT2D eigenvalue weighted by atomic mass is 16.5. The molecule has 1 N–H and O–H groups in total. The van der Waals surface area contributed by atoms with Gasteiger partial charge in [-0.1, -0.05) is 12.5 Å². The molecule has 0 spiro atoms. The van der Waals surface area contributed by atoms with Gasteiger partial charge in [0.25, 0.3) is 0 Å². The zero-order valence-corrected chi connectivity index (χ0v) is 10.6. The molecular formula is C15H15N3O. The summed E-state index contributed by atoms with van der Waals surface area (Å²) in [4.78, 5) is 7.40. The number of hydrogen-bond donors (Lipinski definition) is 1. The highest BCUT2D eigenvalue weighted by molar-refractivity contribution is 5.75. The number of imidazole rings is 1. The van der Waals surface area contributed by atoms with Crippen LogP contribution >= 0.6 is 0 Å². The number of aromatic nitrogens is 2. The van der Waals surface area contributed by atoms with Crippen molar-refractivity contribution in [1.82, 2.24) is 9.97 Å². The van der Waals surface area contributed by atoms with Crippen LogP contribution in [0, 0.1) is 16.7 Å². The van der Waals surface area contributed by atoms with Crippen LogP contribution in [0.3, 0.4) is 0 Å². The van der Waals surface area contributed by atoms with E-state index < -0.39 is 0 Å². The maximum Gasteiger partial charge on any atom is 0.0931 e. The van der Waals surface area contributed by atoms with Crippen LogP contribution < -0.4 is 0 Å². The van der Waals surface area contributed by atoms with Crippen molar-refractivity contribution in [3.8, 4) is 6.07 Å². The van der Waals surface area contributed by atoms with Gasteiger partial charge in [-0.15, -0.1) is 0 Å². The maximum atomic E-state index is 9.65. The minimum Gasteiger partial charge on any atom is -0.379 e. The SMILES string of the molecule is N#CC1(C2(c3ccc4nc[nH]c4c3)COC2)CCC1. The van der Waals surface area contributed by atoms with Crippen LogP contribution in [0.4, 0.5) is 0 Å². The number of nitrogens with zero attached hydrogens (tertiary/aromatic N) is 2. The Bertz CT molecular complexity index is 674. The lowest BCUT2D eigenvalue weighted by molar-refractivity contribution is -0.134. The van der Waals surface area contributed by atoms with Gasteiger partial charge in [-0.05, 0) is 30.5 Å². The molecule has 4 rings (SSSR count). The van der Waals surface area contributed by atoms with Gasteiger partial charge in [-0.3, -0.25) is 0 Å². The fourth-order valence-electron chi connectivity index (χ4n) is 3.49. The van der Waals surface area contributed by atoms with Crippen molar-refractivity contribution in [3.05, 3.63) is 30.1 Å². The number of nitriles is 1. The largest absolute Gasteiger partial charge is 0.379 e. The first-order valence-corrected chi connectivity index (χ1v) is 6.72. The fraction of sp³-hybridized carbons (Fsp3) is 0.467. The quantitative estimate of drug-likeness (QED) is 0.894. The molecule has 1 aliphatic heterocycles. The number of nitrogens with one attached hydrogen (secondary N) is 1. The van der Waals surface area contributed by atoms with Crippen LogP contribution in [-0.2, 0) is 10.2 Å². The van der Waals surface area contributed by atoms with Gasteiger partial charge >= 0.3 is 0 Å². The second-order valence-electron chi connectivity index (χ2n) is 5.76. The molecule has 2 heterocycles. The van der Waals surface area contributed by atoms with Gasteiger partial charge in [0.1, 0.15) is 0 Å². The van der Waals surface area contributed by atoms with Crippen LogP contribution in [0.1, 0.15) is 24.8 Å². The number of aromatic amines is 1. The zero-order chi connectivity index (χ0) is 12.9. The van der Waals surface area contributed by atoms with E-state index in [4.69, 9.17) is 4.74 Å². The summed E-state index contributed by atoms with van der Waals surface area (Å²) in [5, 5.41) is 9.65. The average Bonchev–Trinajstić information content (AvgIpc) is 2.78. The Morgan fingerprint density at radius 1 is 1.32 bits per heavy atom. The Labute approximate surface area is 111 Å². The van der Waals surface area contributed by atoms with Gasteiger partial charge in [-0.2, -0.15) is 5.26 Å². The Hall–Kier alpha value is -1.86. The van der Waals surface area contributed by atoms with Crippen molar-refractivity contribution < 1.29 is 4.74 Å². The molecule has 2 aromatic rings. The van der Waals surface area contributed by atoms with E-state index in [1.165, 1.54) is 5.56 Å². The van der Waals surface area contributed by atoms with Crippen LogP contribution in [0.25, 0.3) is 11.0 Å². The zero-order valence-electron chi connectivity index (χ0n) is 10.6. The number of benzene rings is 1. The third-order valence-corrected chi connectivity index (χ3v) is 5.01. The minimum absolute atomic E-state index is 0.112. The smallest absolute Gasteiger partial charge is 0.0931 e. The van der Waals surface area contributed by atoms with Crippen molar-refractivity contribution >= 4 is 11.0 Å². The fourth-order valence-corrected chi connectivity index (χ4v) is 3.49. The Balaban J connectivity index is 1.86. The lowest BCUT2D eigenvalue weighted by atomic mass is 9.50. The number of fused-ring (bicyclic) bond motifs is 1. The standard InChI is InChI=1S/C15H15N3O/c16-7-14(4-1-5-14)15(8-19-9-15)11-2-3-12-13(6-11)18-10-17-12/h2-3,6,10H,1,4-5,8-9H2,(H,17,18). The lowest BCUT2D eigenvalue weighted by Gasteiger charge is -2.56. The first-order valence-electron chi connectivity index (χ1n) is 6.72.